The van der Waals surface area contributed by atoms with Gasteiger partial charge in [0.15, 0.2) is 11.5 Å². The number of rotatable bonds is 4. The summed E-state index contributed by atoms with van der Waals surface area (Å²) in [6, 6.07) is 6.75. The van der Waals surface area contributed by atoms with Crippen molar-refractivity contribution in [1.82, 2.24) is 9.78 Å². The molecule has 1 aliphatic rings. The predicted octanol–water partition coefficient (Wildman–Crippen LogP) is 3.98. The molecule has 0 unspecified atom stereocenters. The minimum absolute atomic E-state index is 0.0603. The van der Waals surface area contributed by atoms with Gasteiger partial charge in [-0.15, -0.1) is 0 Å². The van der Waals surface area contributed by atoms with E-state index in [1.54, 1.807) is 31.2 Å². The third-order valence-corrected chi connectivity index (χ3v) is 4.49. The van der Waals surface area contributed by atoms with E-state index in [1.165, 1.54) is 14.2 Å². The second-order valence-electron chi connectivity index (χ2n) is 6.42. The Morgan fingerprint density at radius 1 is 1.42 bits per heavy atom. The van der Waals surface area contributed by atoms with E-state index < -0.39 is 23.9 Å². The first-order chi connectivity index (χ1) is 12.2. The average molecular weight is 368 g/mol. The number of methoxy groups -OCH3 is 1. The lowest BCUT2D eigenvalue weighted by Gasteiger charge is -2.28. The minimum Gasteiger partial charge on any atom is -0.497 e. The molecular weight excluding hydrogens is 349 g/mol. The Morgan fingerprint density at radius 2 is 2.15 bits per heavy atom. The highest BCUT2D eigenvalue weighted by atomic mass is 19.4. The topological polar surface area (TPSA) is 53.3 Å². The second-order valence-corrected chi connectivity index (χ2v) is 6.42. The smallest absolute Gasteiger partial charge is 0.435 e. The molecule has 2 atom stereocenters. The Bertz CT molecular complexity index is 830. The van der Waals surface area contributed by atoms with E-state index >= 15 is 0 Å². The summed E-state index contributed by atoms with van der Waals surface area (Å²) in [6.45, 7) is 1.70. The summed E-state index contributed by atoms with van der Waals surface area (Å²) in [4.78, 5) is 12.5. The van der Waals surface area contributed by atoms with Crippen LogP contribution in [0.25, 0.3) is 0 Å². The molecule has 2 aromatic rings. The zero-order chi connectivity index (χ0) is 19.1. The summed E-state index contributed by atoms with van der Waals surface area (Å²) in [5, 5.41) is 3.57. The van der Waals surface area contributed by atoms with Gasteiger partial charge >= 0.3 is 6.18 Å². The number of halogens is 3. The van der Waals surface area contributed by atoms with Gasteiger partial charge in [-0.1, -0.05) is 19.1 Å². The van der Waals surface area contributed by atoms with Gasteiger partial charge in [-0.3, -0.25) is 4.79 Å². The van der Waals surface area contributed by atoms with Crippen LogP contribution in [0, 0.1) is 0 Å². The second kappa shape index (κ2) is 6.66. The van der Waals surface area contributed by atoms with Gasteiger partial charge in [0.2, 0.25) is 5.88 Å². The van der Waals surface area contributed by atoms with Gasteiger partial charge < -0.3 is 9.47 Å². The Balaban J connectivity index is 1.81. The Labute approximate surface area is 148 Å². The first kappa shape index (κ1) is 18.3. The number of alkyl halides is 3. The molecule has 1 aromatic heterocycles. The molecule has 0 amide bonds. The predicted molar refractivity (Wildman–Crippen MR) is 87.6 cm³/mol. The number of hydrogen-bond acceptors (Lipinski definition) is 4. The monoisotopic (exact) mass is 368 g/mol. The Hall–Kier alpha value is -2.51. The summed E-state index contributed by atoms with van der Waals surface area (Å²) < 4.78 is 51.4. The van der Waals surface area contributed by atoms with Gasteiger partial charge in [0.1, 0.15) is 11.9 Å². The molecular formula is C18H19F3N2O3. The molecule has 1 aliphatic heterocycles. The molecule has 0 N–H and O–H groups in total. The maximum atomic E-state index is 13.2. The number of ether oxygens (including phenoxy) is 2. The molecule has 5 nitrogen and oxygen atoms in total. The summed E-state index contributed by atoms with van der Waals surface area (Å²) in [6.07, 6.45) is -4.65. The highest BCUT2D eigenvalue weighted by Gasteiger charge is 2.43. The lowest BCUT2D eigenvalue weighted by atomic mass is 9.89. The first-order valence-electron chi connectivity index (χ1n) is 8.18. The number of Topliss-reactive ketones (excluding diaryl/α,β-unsaturated/α-hetero) is 1. The molecule has 0 saturated carbocycles. The zero-order valence-electron chi connectivity index (χ0n) is 14.6. The SMILES string of the molecule is COc1cccc(C(=O)C[C@@H]2C[C@@H](C)c3c(C(F)(F)F)nn(C)c3O2)c1. The number of aromatic nitrogens is 2. The zero-order valence-corrected chi connectivity index (χ0v) is 14.6. The molecule has 2 heterocycles. The molecule has 3 rings (SSSR count). The molecule has 0 spiro atoms. The normalized spacial score (nSPS) is 19.6. The lowest BCUT2D eigenvalue weighted by Crippen LogP contribution is -2.28. The van der Waals surface area contributed by atoms with Crippen LogP contribution >= 0.6 is 0 Å². The van der Waals surface area contributed by atoms with Crippen molar-refractivity contribution in [3.63, 3.8) is 0 Å². The molecule has 0 saturated heterocycles. The molecule has 0 aliphatic carbocycles. The van der Waals surface area contributed by atoms with E-state index in [-0.39, 0.29) is 23.6 Å². The standard InChI is InChI=1S/C18H19F3N2O3/c1-10-7-13(9-14(24)11-5-4-6-12(8-11)25-3)26-17-15(10)16(18(19,20)21)22-23(17)2/h4-6,8,10,13H,7,9H2,1-3H3/t10-,13+/m1/s1. The van der Waals surface area contributed by atoms with Crippen LogP contribution in [0.4, 0.5) is 13.2 Å². The van der Waals surface area contributed by atoms with Crippen molar-refractivity contribution in [3.8, 4) is 11.6 Å². The fraction of sp³-hybridized carbons (Fsp3) is 0.444. The van der Waals surface area contributed by atoms with Gasteiger partial charge in [-0.2, -0.15) is 18.3 Å². The number of benzene rings is 1. The number of aryl methyl sites for hydroxylation is 1. The first-order valence-corrected chi connectivity index (χ1v) is 8.18. The van der Waals surface area contributed by atoms with Crippen LogP contribution in [0.2, 0.25) is 0 Å². The molecule has 0 radical (unpaired) electrons. The van der Waals surface area contributed by atoms with Crippen LogP contribution in [0.3, 0.4) is 0 Å². The van der Waals surface area contributed by atoms with E-state index in [1.807, 2.05) is 0 Å². The Kier molecular flexibility index (Phi) is 4.68. The number of fused-ring (bicyclic) bond motifs is 1. The van der Waals surface area contributed by atoms with Gasteiger partial charge in [0.05, 0.1) is 7.11 Å². The van der Waals surface area contributed by atoms with E-state index in [4.69, 9.17) is 9.47 Å². The van der Waals surface area contributed by atoms with Crippen LogP contribution in [-0.4, -0.2) is 28.8 Å². The Morgan fingerprint density at radius 3 is 2.81 bits per heavy atom. The van der Waals surface area contributed by atoms with Crippen molar-refractivity contribution in [2.75, 3.05) is 7.11 Å². The van der Waals surface area contributed by atoms with Crippen molar-refractivity contribution in [2.45, 2.75) is 38.0 Å². The largest absolute Gasteiger partial charge is 0.497 e. The molecule has 140 valence electrons. The number of hydrogen-bond donors (Lipinski definition) is 0. The lowest BCUT2D eigenvalue weighted by molar-refractivity contribution is -0.142. The van der Waals surface area contributed by atoms with Gasteiger partial charge in [0, 0.05) is 24.6 Å². The van der Waals surface area contributed by atoms with E-state index in [0.29, 0.717) is 17.7 Å². The molecule has 26 heavy (non-hydrogen) atoms. The highest BCUT2D eigenvalue weighted by Crippen LogP contribution is 2.44. The van der Waals surface area contributed by atoms with E-state index in [9.17, 15) is 18.0 Å². The summed E-state index contributed by atoms with van der Waals surface area (Å²) in [5.74, 6) is 0.0898. The molecule has 0 fully saturated rings. The van der Waals surface area contributed by atoms with Crippen molar-refractivity contribution in [1.29, 1.82) is 0 Å². The van der Waals surface area contributed by atoms with Crippen molar-refractivity contribution >= 4 is 5.78 Å². The van der Waals surface area contributed by atoms with Crippen LogP contribution in [-0.2, 0) is 13.2 Å². The van der Waals surface area contributed by atoms with Crippen molar-refractivity contribution in [2.24, 2.45) is 7.05 Å². The third kappa shape index (κ3) is 3.40. The third-order valence-electron chi connectivity index (χ3n) is 4.49. The summed E-state index contributed by atoms with van der Waals surface area (Å²) in [5.41, 5.74) is -0.377. The maximum Gasteiger partial charge on any atom is 0.435 e. The van der Waals surface area contributed by atoms with Gasteiger partial charge in [0.25, 0.3) is 0 Å². The summed E-state index contributed by atoms with van der Waals surface area (Å²) in [7, 11) is 2.92. The van der Waals surface area contributed by atoms with Gasteiger partial charge in [-0.05, 0) is 24.5 Å². The van der Waals surface area contributed by atoms with Crippen LogP contribution in [0.15, 0.2) is 24.3 Å². The van der Waals surface area contributed by atoms with Gasteiger partial charge in [-0.25, -0.2) is 4.68 Å². The fourth-order valence-corrected chi connectivity index (χ4v) is 3.28. The number of carbonyl (C=O) groups is 1. The quantitative estimate of drug-likeness (QED) is 0.766. The van der Waals surface area contributed by atoms with E-state index in [0.717, 1.165) is 4.68 Å². The van der Waals surface area contributed by atoms with Crippen molar-refractivity contribution in [3.05, 3.63) is 41.1 Å². The average Bonchev–Trinajstić information content (AvgIpc) is 2.93. The van der Waals surface area contributed by atoms with Crippen LogP contribution in [0.5, 0.6) is 11.6 Å². The molecule has 8 heteroatoms. The fourth-order valence-electron chi connectivity index (χ4n) is 3.28. The molecule has 0 bridgehead atoms. The minimum atomic E-state index is -4.54. The number of nitrogens with zero attached hydrogens (tertiary/aromatic N) is 2. The summed E-state index contributed by atoms with van der Waals surface area (Å²) >= 11 is 0. The van der Waals surface area contributed by atoms with E-state index in [2.05, 4.69) is 5.10 Å². The number of ketones is 1. The van der Waals surface area contributed by atoms with Crippen molar-refractivity contribution < 1.29 is 27.4 Å². The maximum absolute atomic E-state index is 13.2. The molecule has 1 aromatic carbocycles. The highest BCUT2D eigenvalue weighted by molar-refractivity contribution is 5.96. The van der Waals surface area contributed by atoms with Crippen LogP contribution in [0.1, 0.15) is 47.3 Å². The van der Waals surface area contributed by atoms with Crippen LogP contribution < -0.4 is 9.47 Å². The number of carbonyl (C=O) groups excluding carboxylic acids is 1.